The second kappa shape index (κ2) is 6.27. The zero-order valence-corrected chi connectivity index (χ0v) is 13.2. The van der Waals surface area contributed by atoms with Crippen LogP contribution in [-0.2, 0) is 0 Å². The van der Waals surface area contributed by atoms with Gasteiger partial charge in [0.2, 0.25) is 0 Å². The number of benzene rings is 2. The molecule has 22 heavy (non-hydrogen) atoms. The van der Waals surface area contributed by atoms with Crippen LogP contribution in [0.1, 0.15) is 6.42 Å². The van der Waals surface area contributed by atoms with E-state index >= 15 is 0 Å². The molecule has 2 aliphatic rings. The quantitative estimate of drug-likeness (QED) is 0.939. The Bertz CT molecular complexity index is 625. The third kappa shape index (κ3) is 2.96. The summed E-state index contributed by atoms with van der Waals surface area (Å²) in [5, 5.41) is 6.16. The lowest BCUT2D eigenvalue weighted by molar-refractivity contribution is 0.225. The van der Waals surface area contributed by atoms with Crippen molar-refractivity contribution in [3.8, 4) is 0 Å². The van der Waals surface area contributed by atoms with Gasteiger partial charge in [-0.05, 0) is 48.3 Å². The average Bonchev–Trinajstić information content (AvgIpc) is 3.08. The van der Waals surface area contributed by atoms with Gasteiger partial charge in [-0.25, -0.2) is 0 Å². The molecule has 3 nitrogen and oxygen atoms in total. The number of piperazine rings is 1. The fourth-order valence-electron chi connectivity index (χ4n) is 3.80. The van der Waals surface area contributed by atoms with E-state index in [1.54, 1.807) is 0 Å². The standard InChI is InChI=1S/C19H25N3/c1-2-4-18-13-19(6-5-17(18)3-1)22-11-9-21(10-12-22)15-16-7-8-20-14-16/h1-6,13,16,20H,7-12,14-15H2. The highest BCUT2D eigenvalue weighted by molar-refractivity contribution is 5.85. The van der Waals surface area contributed by atoms with Crippen LogP contribution in [0.4, 0.5) is 5.69 Å². The molecule has 0 saturated carbocycles. The maximum atomic E-state index is 3.48. The molecule has 116 valence electrons. The van der Waals surface area contributed by atoms with Gasteiger partial charge in [-0.3, -0.25) is 4.90 Å². The number of hydrogen-bond acceptors (Lipinski definition) is 3. The molecule has 3 heteroatoms. The molecular weight excluding hydrogens is 270 g/mol. The van der Waals surface area contributed by atoms with Crippen molar-refractivity contribution < 1.29 is 0 Å². The van der Waals surface area contributed by atoms with E-state index in [2.05, 4.69) is 57.6 Å². The monoisotopic (exact) mass is 295 g/mol. The van der Waals surface area contributed by atoms with Gasteiger partial charge in [0.05, 0.1) is 0 Å². The minimum atomic E-state index is 0.868. The first-order chi connectivity index (χ1) is 10.9. The third-order valence-electron chi connectivity index (χ3n) is 5.15. The Morgan fingerprint density at radius 2 is 1.77 bits per heavy atom. The van der Waals surface area contributed by atoms with E-state index in [1.165, 1.54) is 55.6 Å². The van der Waals surface area contributed by atoms with Gasteiger partial charge < -0.3 is 10.2 Å². The van der Waals surface area contributed by atoms with Crippen LogP contribution in [0.2, 0.25) is 0 Å². The van der Waals surface area contributed by atoms with Gasteiger partial charge in [-0.2, -0.15) is 0 Å². The first-order valence-electron chi connectivity index (χ1n) is 8.55. The number of nitrogens with zero attached hydrogens (tertiary/aromatic N) is 2. The van der Waals surface area contributed by atoms with E-state index in [0.29, 0.717) is 0 Å². The molecular formula is C19H25N3. The smallest absolute Gasteiger partial charge is 0.0373 e. The first-order valence-corrected chi connectivity index (χ1v) is 8.55. The highest BCUT2D eigenvalue weighted by atomic mass is 15.3. The molecule has 0 spiro atoms. The molecule has 2 aliphatic heterocycles. The zero-order valence-electron chi connectivity index (χ0n) is 13.2. The maximum absolute atomic E-state index is 3.48. The van der Waals surface area contributed by atoms with Gasteiger partial charge in [0.1, 0.15) is 0 Å². The van der Waals surface area contributed by atoms with Crippen LogP contribution in [0.15, 0.2) is 42.5 Å². The molecule has 0 bridgehead atoms. The predicted molar refractivity (Wildman–Crippen MR) is 93.6 cm³/mol. The normalized spacial score (nSPS) is 23.3. The van der Waals surface area contributed by atoms with Crippen LogP contribution in [0.5, 0.6) is 0 Å². The van der Waals surface area contributed by atoms with Crippen molar-refractivity contribution in [1.82, 2.24) is 10.2 Å². The van der Waals surface area contributed by atoms with Gasteiger partial charge in [0.15, 0.2) is 0 Å². The van der Waals surface area contributed by atoms with E-state index in [0.717, 1.165) is 19.0 Å². The molecule has 1 unspecified atom stereocenters. The topological polar surface area (TPSA) is 18.5 Å². The third-order valence-corrected chi connectivity index (χ3v) is 5.15. The van der Waals surface area contributed by atoms with Crippen molar-refractivity contribution in [2.75, 3.05) is 50.7 Å². The summed E-state index contributed by atoms with van der Waals surface area (Å²) in [5.41, 5.74) is 1.38. The number of nitrogens with one attached hydrogen (secondary N) is 1. The van der Waals surface area contributed by atoms with E-state index in [1.807, 2.05) is 0 Å². The van der Waals surface area contributed by atoms with Crippen molar-refractivity contribution in [3.63, 3.8) is 0 Å². The van der Waals surface area contributed by atoms with Crippen LogP contribution < -0.4 is 10.2 Å². The number of rotatable bonds is 3. The molecule has 0 aromatic heterocycles. The molecule has 0 radical (unpaired) electrons. The van der Waals surface area contributed by atoms with Crippen LogP contribution in [0.3, 0.4) is 0 Å². The first kappa shape index (κ1) is 14.0. The zero-order chi connectivity index (χ0) is 14.8. The van der Waals surface area contributed by atoms with E-state index < -0.39 is 0 Å². The van der Waals surface area contributed by atoms with E-state index in [4.69, 9.17) is 0 Å². The molecule has 1 N–H and O–H groups in total. The second-order valence-electron chi connectivity index (χ2n) is 6.68. The van der Waals surface area contributed by atoms with Crippen molar-refractivity contribution in [1.29, 1.82) is 0 Å². The highest BCUT2D eigenvalue weighted by Crippen LogP contribution is 2.23. The molecule has 2 aromatic carbocycles. The summed E-state index contributed by atoms with van der Waals surface area (Å²) in [5.74, 6) is 0.868. The Labute approximate surface area is 132 Å². The summed E-state index contributed by atoms with van der Waals surface area (Å²) in [4.78, 5) is 5.19. The van der Waals surface area contributed by atoms with Crippen molar-refractivity contribution in [2.24, 2.45) is 5.92 Å². The van der Waals surface area contributed by atoms with Gasteiger partial charge in [0, 0.05) is 38.4 Å². The van der Waals surface area contributed by atoms with Crippen LogP contribution in [-0.4, -0.2) is 50.7 Å². The van der Waals surface area contributed by atoms with Gasteiger partial charge >= 0.3 is 0 Å². The Morgan fingerprint density at radius 3 is 2.55 bits per heavy atom. The largest absolute Gasteiger partial charge is 0.369 e. The molecule has 1 atom stereocenters. The molecule has 2 saturated heterocycles. The summed E-state index contributed by atoms with van der Waals surface area (Å²) in [6.45, 7) is 8.40. The minimum Gasteiger partial charge on any atom is -0.369 e. The van der Waals surface area contributed by atoms with Crippen LogP contribution >= 0.6 is 0 Å². The minimum absolute atomic E-state index is 0.868. The molecule has 2 aromatic rings. The summed E-state index contributed by atoms with van der Waals surface area (Å²) in [7, 11) is 0. The van der Waals surface area contributed by atoms with Crippen molar-refractivity contribution in [2.45, 2.75) is 6.42 Å². The molecule has 4 rings (SSSR count). The lowest BCUT2D eigenvalue weighted by Crippen LogP contribution is -2.48. The maximum Gasteiger partial charge on any atom is 0.0373 e. The number of fused-ring (bicyclic) bond motifs is 1. The summed E-state index contributed by atoms with van der Waals surface area (Å²) in [6, 6.07) is 15.5. The van der Waals surface area contributed by atoms with E-state index in [-0.39, 0.29) is 0 Å². The Morgan fingerprint density at radius 1 is 0.955 bits per heavy atom. The van der Waals surface area contributed by atoms with E-state index in [9.17, 15) is 0 Å². The fraction of sp³-hybridized carbons (Fsp3) is 0.474. The predicted octanol–water partition coefficient (Wildman–Crippen LogP) is 2.57. The lowest BCUT2D eigenvalue weighted by atomic mass is 10.1. The summed E-state index contributed by atoms with van der Waals surface area (Å²) < 4.78 is 0. The Kier molecular flexibility index (Phi) is 4.00. The second-order valence-corrected chi connectivity index (χ2v) is 6.68. The van der Waals surface area contributed by atoms with Crippen LogP contribution in [0, 0.1) is 5.92 Å². The van der Waals surface area contributed by atoms with Gasteiger partial charge in [-0.15, -0.1) is 0 Å². The summed E-state index contributed by atoms with van der Waals surface area (Å²) >= 11 is 0. The molecule has 2 fully saturated rings. The fourth-order valence-corrected chi connectivity index (χ4v) is 3.80. The molecule has 2 heterocycles. The Balaban J connectivity index is 1.39. The van der Waals surface area contributed by atoms with Crippen molar-refractivity contribution in [3.05, 3.63) is 42.5 Å². The SMILES string of the molecule is c1ccc2cc(N3CCN(CC4CCNC4)CC3)ccc2c1. The molecule has 0 amide bonds. The summed E-state index contributed by atoms with van der Waals surface area (Å²) in [6.07, 6.45) is 1.35. The van der Waals surface area contributed by atoms with Gasteiger partial charge in [0.25, 0.3) is 0 Å². The lowest BCUT2D eigenvalue weighted by Gasteiger charge is -2.37. The van der Waals surface area contributed by atoms with Gasteiger partial charge in [-0.1, -0.05) is 30.3 Å². The highest BCUT2D eigenvalue weighted by Gasteiger charge is 2.22. The molecule has 0 aliphatic carbocycles. The van der Waals surface area contributed by atoms with Crippen LogP contribution in [0.25, 0.3) is 10.8 Å². The Hall–Kier alpha value is -1.58. The van der Waals surface area contributed by atoms with Crippen molar-refractivity contribution >= 4 is 16.5 Å². The average molecular weight is 295 g/mol. The number of anilines is 1. The number of hydrogen-bond donors (Lipinski definition) is 1.